The van der Waals surface area contributed by atoms with Gasteiger partial charge < -0.3 is 9.64 Å². The average molecular weight is 259 g/mol. The number of ether oxygens (including phenoxy) is 1. The number of hydrogen-bond donors (Lipinski definition) is 0. The maximum Gasteiger partial charge on any atom is 0.257 e. The molecule has 0 saturated heterocycles. The predicted octanol–water partition coefficient (Wildman–Crippen LogP) is 3.27. The van der Waals surface area contributed by atoms with Crippen LogP contribution in [0.4, 0.5) is 0 Å². The van der Waals surface area contributed by atoms with Crippen molar-refractivity contribution in [2.45, 2.75) is 25.7 Å². The number of rotatable bonds is 6. The van der Waals surface area contributed by atoms with Gasteiger partial charge in [0.1, 0.15) is 12.4 Å². The van der Waals surface area contributed by atoms with E-state index in [0.29, 0.717) is 24.5 Å². The number of unbranched alkanes of at least 4 members (excludes halogenated alkanes) is 3. The number of carbonyl (C=O) groups is 1. The van der Waals surface area contributed by atoms with Crippen LogP contribution in [0, 0.1) is 0 Å². The second kappa shape index (κ2) is 6.98. The Morgan fingerprint density at radius 2 is 2.11 bits per heavy atom. The smallest absolute Gasteiger partial charge is 0.257 e. The quantitative estimate of drug-likeness (QED) is 0.579. The van der Waals surface area contributed by atoms with Gasteiger partial charge in [-0.05, 0) is 31.4 Å². The fourth-order valence-electron chi connectivity index (χ4n) is 2.29. The number of benzene rings is 1. The van der Waals surface area contributed by atoms with Crippen LogP contribution >= 0.6 is 0 Å². The summed E-state index contributed by atoms with van der Waals surface area (Å²) in [6, 6.07) is 7.49. The molecule has 0 spiro atoms. The van der Waals surface area contributed by atoms with Crippen molar-refractivity contribution in [1.82, 2.24) is 4.90 Å². The van der Waals surface area contributed by atoms with Gasteiger partial charge in [0.2, 0.25) is 0 Å². The lowest BCUT2D eigenvalue weighted by Crippen LogP contribution is -2.33. The van der Waals surface area contributed by atoms with Crippen molar-refractivity contribution in [3.8, 4) is 5.75 Å². The summed E-state index contributed by atoms with van der Waals surface area (Å²) in [4.78, 5) is 14.3. The molecule has 1 aromatic rings. The number of nitrogens with zero attached hydrogens (tertiary/aromatic N) is 1. The van der Waals surface area contributed by atoms with Crippen LogP contribution in [-0.2, 0) is 0 Å². The van der Waals surface area contributed by atoms with Crippen molar-refractivity contribution in [1.29, 1.82) is 0 Å². The molecule has 19 heavy (non-hydrogen) atoms. The second-order valence-electron chi connectivity index (χ2n) is 4.77. The molecular formula is C16H21NO2. The van der Waals surface area contributed by atoms with Gasteiger partial charge in [-0.1, -0.05) is 24.6 Å². The maximum absolute atomic E-state index is 12.4. The third kappa shape index (κ3) is 3.60. The zero-order valence-corrected chi connectivity index (χ0v) is 11.3. The molecular weight excluding hydrogens is 238 g/mol. The summed E-state index contributed by atoms with van der Waals surface area (Å²) in [6.07, 6.45) is 6.33. The zero-order valence-electron chi connectivity index (χ0n) is 11.3. The van der Waals surface area contributed by atoms with E-state index < -0.39 is 0 Å². The van der Waals surface area contributed by atoms with Crippen molar-refractivity contribution in [2.75, 3.05) is 19.7 Å². The first-order chi connectivity index (χ1) is 9.33. The molecule has 0 fully saturated rings. The lowest BCUT2D eigenvalue weighted by molar-refractivity contribution is 0.0752. The number of para-hydroxylation sites is 1. The fraction of sp³-hybridized carbons (Fsp3) is 0.438. The molecule has 102 valence electrons. The summed E-state index contributed by atoms with van der Waals surface area (Å²) in [5.74, 6) is 0.804. The molecule has 0 bridgehead atoms. The molecule has 1 aliphatic heterocycles. The highest BCUT2D eigenvalue weighted by molar-refractivity contribution is 5.97. The number of fused-ring (bicyclic) bond motifs is 1. The van der Waals surface area contributed by atoms with Crippen LogP contribution in [0.2, 0.25) is 0 Å². The molecule has 0 aliphatic carbocycles. The lowest BCUT2D eigenvalue weighted by Gasteiger charge is -2.19. The van der Waals surface area contributed by atoms with Gasteiger partial charge in [-0.3, -0.25) is 4.79 Å². The van der Waals surface area contributed by atoms with Crippen LogP contribution in [0.25, 0.3) is 0 Å². The van der Waals surface area contributed by atoms with Crippen molar-refractivity contribution >= 4 is 5.91 Å². The summed E-state index contributed by atoms with van der Waals surface area (Å²) in [6.45, 7) is 5.78. The third-order valence-electron chi connectivity index (χ3n) is 3.36. The van der Waals surface area contributed by atoms with E-state index in [-0.39, 0.29) is 5.91 Å². The Hall–Kier alpha value is -1.77. The number of carbonyl (C=O) groups excluding carboxylic acids is 1. The van der Waals surface area contributed by atoms with Gasteiger partial charge in [-0.25, -0.2) is 0 Å². The monoisotopic (exact) mass is 259 g/mol. The van der Waals surface area contributed by atoms with Gasteiger partial charge >= 0.3 is 0 Å². The molecule has 0 aromatic heterocycles. The molecule has 3 heteroatoms. The van der Waals surface area contributed by atoms with Gasteiger partial charge in [0.15, 0.2) is 0 Å². The molecule has 0 saturated carbocycles. The largest absolute Gasteiger partial charge is 0.491 e. The number of amides is 1. The van der Waals surface area contributed by atoms with Gasteiger partial charge in [-0.2, -0.15) is 0 Å². The van der Waals surface area contributed by atoms with Crippen molar-refractivity contribution in [3.05, 3.63) is 42.5 Å². The van der Waals surface area contributed by atoms with Crippen LogP contribution in [0.5, 0.6) is 5.75 Å². The predicted molar refractivity (Wildman–Crippen MR) is 76.5 cm³/mol. The van der Waals surface area contributed by atoms with Gasteiger partial charge in [0.05, 0.1) is 12.1 Å². The minimum absolute atomic E-state index is 0.0943. The highest BCUT2D eigenvalue weighted by Gasteiger charge is 2.22. The van der Waals surface area contributed by atoms with Crippen molar-refractivity contribution in [2.24, 2.45) is 0 Å². The van der Waals surface area contributed by atoms with Crippen LogP contribution in [0.1, 0.15) is 36.0 Å². The SMILES string of the molecule is C=CCCCCCN1CCOc2ccccc2C1=O. The minimum Gasteiger partial charge on any atom is -0.491 e. The van der Waals surface area contributed by atoms with Crippen LogP contribution in [-0.4, -0.2) is 30.5 Å². The lowest BCUT2D eigenvalue weighted by atomic mass is 10.1. The molecule has 0 N–H and O–H groups in total. The Morgan fingerprint density at radius 1 is 1.26 bits per heavy atom. The first-order valence-electron chi connectivity index (χ1n) is 6.95. The normalized spacial score (nSPS) is 14.5. The van der Waals surface area contributed by atoms with Gasteiger partial charge in [0.25, 0.3) is 5.91 Å². The first-order valence-corrected chi connectivity index (χ1v) is 6.95. The molecule has 0 unspecified atom stereocenters. The molecule has 1 aliphatic rings. The number of allylic oxidation sites excluding steroid dienone is 1. The highest BCUT2D eigenvalue weighted by Crippen LogP contribution is 2.22. The van der Waals surface area contributed by atoms with Crippen molar-refractivity contribution < 1.29 is 9.53 Å². The summed E-state index contributed by atoms with van der Waals surface area (Å²) < 4.78 is 5.62. The minimum atomic E-state index is 0.0943. The number of hydrogen-bond acceptors (Lipinski definition) is 2. The van der Waals surface area contributed by atoms with E-state index in [0.717, 1.165) is 32.2 Å². The Balaban J connectivity index is 1.92. The molecule has 0 atom stereocenters. The zero-order chi connectivity index (χ0) is 13.5. The first kappa shape index (κ1) is 13.7. The maximum atomic E-state index is 12.4. The average Bonchev–Trinajstić information content (AvgIpc) is 2.59. The van der Waals surface area contributed by atoms with Crippen LogP contribution in [0.3, 0.4) is 0 Å². The Kier molecular flexibility index (Phi) is 5.01. The molecule has 1 heterocycles. The molecule has 3 nitrogen and oxygen atoms in total. The summed E-state index contributed by atoms with van der Waals surface area (Å²) in [5, 5.41) is 0. The standard InChI is InChI=1S/C16H21NO2/c1-2-3-4-5-8-11-17-12-13-19-15-10-7-6-9-14(15)16(17)18/h2,6-7,9-10H,1,3-5,8,11-13H2. The molecule has 1 aromatic carbocycles. The topological polar surface area (TPSA) is 29.5 Å². The second-order valence-corrected chi connectivity index (χ2v) is 4.77. The molecule has 2 rings (SSSR count). The van der Waals surface area contributed by atoms with E-state index in [9.17, 15) is 4.79 Å². The Labute approximate surface area is 114 Å². The van der Waals surface area contributed by atoms with Gasteiger partial charge in [-0.15, -0.1) is 6.58 Å². The summed E-state index contributed by atoms with van der Waals surface area (Å²) in [7, 11) is 0. The van der Waals surface area contributed by atoms with Gasteiger partial charge in [0, 0.05) is 6.54 Å². The molecule has 1 amide bonds. The Morgan fingerprint density at radius 3 is 2.95 bits per heavy atom. The van der Waals surface area contributed by atoms with E-state index >= 15 is 0 Å². The van der Waals surface area contributed by atoms with E-state index in [2.05, 4.69) is 6.58 Å². The third-order valence-corrected chi connectivity index (χ3v) is 3.36. The van der Waals surface area contributed by atoms with E-state index in [1.807, 2.05) is 35.2 Å². The van der Waals surface area contributed by atoms with Crippen molar-refractivity contribution in [3.63, 3.8) is 0 Å². The summed E-state index contributed by atoms with van der Waals surface area (Å²) in [5.41, 5.74) is 0.686. The van der Waals surface area contributed by atoms with E-state index in [4.69, 9.17) is 4.74 Å². The van der Waals surface area contributed by atoms with Crippen LogP contribution < -0.4 is 4.74 Å². The summed E-state index contributed by atoms with van der Waals surface area (Å²) >= 11 is 0. The molecule has 0 radical (unpaired) electrons. The fourth-order valence-corrected chi connectivity index (χ4v) is 2.29. The van der Waals surface area contributed by atoms with E-state index in [1.165, 1.54) is 0 Å². The van der Waals surface area contributed by atoms with Crippen LogP contribution in [0.15, 0.2) is 36.9 Å². The highest BCUT2D eigenvalue weighted by atomic mass is 16.5. The van der Waals surface area contributed by atoms with E-state index in [1.54, 1.807) is 0 Å². The Bertz CT molecular complexity index is 442.